The minimum atomic E-state index is 0. The van der Waals surface area contributed by atoms with Crippen LogP contribution in [0.25, 0.3) is 0 Å². The lowest BCUT2D eigenvalue weighted by atomic mass is 10.5. The molecule has 0 saturated heterocycles. The summed E-state index contributed by atoms with van der Waals surface area (Å²) in [6.45, 7) is 0. The Labute approximate surface area is 49.5 Å². The second-order valence-corrected chi connectivity index (χ2v) is 2.04. The van der Waals surface area contributed by atoms with E-state index >= 15 is 0 Å². The van der Waals surface area contributed by atoms with Gasteiger partial charge in [-0.15, -0.1) is 11.8 Å². The van der Waals surface area contributed by atoms with Crippen molar-refractivity contribution in [2.75, 3.05) is 5.75 Å². The van der Waals surface area contributed by atoms with Gasteiger partial charge >= 0.3 is 0 Å². The van der Waals surface area contributed by atoms with E-state index in [4.69, 9.17) is 0 Å². The summed E-state index contributed by atoms with van der Waals surface area (Å²) in [6.07, 6.45) is 3.48. The molecule has 1 rings (SSSR count). The van der Waals surface area contributed by atoms with E-state index in [1.807, 2.05) is 11.8 Å². The van der Waals surface area contributed by atoms with Crippen molar-refractivity contribution in [3.8, 4) is 0 Å². The molecule has 0 aromatic rings. The summed E-state index contributed by atoms with van der Waals surface area (Å²) in [6, 6.07) is 0. The molecule has 0 aromatic heterocycles. The van der Waals surface area contributed by atoms with Crippen molar-refractivity contribution in [3.05, 3.63) is 11.5 Å². The molecule has 0 spiro atoms. The Morgan fingerprint density at radius 3 is 2.50 bits per heavy atom. The van der Waals surface area contributed by atoms with Crippen LogP contribution in [0.3, 0.4) is 0 Å². The third-order valence-electron chi connectivity index (χ3n) is 0.595. The maximum Gasteiger partial charge on any atom is 0.000884 e. The standard InChI is InChI=1S/C4H6S.H2S/c1-2-4-5-3-1;/h1,3H,2,4H2;1H2. The molecule has 0 radical (unpaired) electrons. The summed E-state index contributed by atoms with van der Waals surface area (Å²) in [5, 5.41) is 2.15. The average molecular weight is 120 g/mol. The topological polar surface area (TPSA) is 0 Å². The minimum absolute atomic E-state index is 0. The van der Waals surface area contributed by atoms with Gasteiger partial charge in [0, 0.05) is 5.75 Å². The van der Waals surface area contributed by atoms with Gasteiger partial charge in [0.15, 0.2) is 0 Å². The van der Waals surface area contributed by atoms with Crippen molar-refractivity contribution >= 4 is 25.3 Å². The van der Waals surface area contributed by atoms with Gasteiger partial charge in [-0.3, -0.25) is 0 Å². The third kappa shape index (κ3) is 1.78. The van der Waals surface area contributed by atoms with E-state index in [2.05, 4.69) is 11.5 Å². The number of rotatable bonds is 0. The van der Waals surface area contributed by atoms with Gasteiger partial charge in [0.25, 0.3) is 0 Å². The normalized spacial score (nSPS) is 17.3. The lowest BCUT2D eigenvalue weighted by Crippen LogP contribution is -1.56. The lowest BCUT2D eigenvalue weighted by Gasteiger charge is -1.69. The molecule has 1 aliphatic rings. The zero-order chi connectivity index (χ0) is 3.54. The highest BCUT2D eigenvalue weighted by molar-refractivity contribution is 8.02. The fraction of sp³-hybridized carbons (Fsp3) is 0.500. The van der Waals surface area contributed by atoms with Gasteiger partial charge in [-0.05, 0) is 11.8 Å². The largest absolute Gasteiger partial charge is 0.197 e. The first kappa shape index (κ1) is 6.44. The first-order valence-electron chi connectivity index (χ1n) is 1.77. The second kappa shape index (κ2) is 3.62. The molecule has 0 atom stereocenters. The Hall–Kier alpha value is 0.440. The Morgan fingerprint density at radius 1 is 1.50 bits per heavy atom. The number of hydrogen-bond acceptors (Lipinski definition) is 1. The third-order valence-corrected chi connectivity index (χ3v) is 1.45. The Morgan fingerprint density at radius 2 is 2.33 bits per heavy atom. The van der Waals surface area contributed by atoms with E-state index in [0.717, 1.165) is 0 Å². The van der Waals surface area contributed by atoms with E-state index in [1.54, 1.807) is 0 Å². The molecular weight excluding hydrogens is 112 g/mol. The van der Waals surface area contributed by atoms with E-state index in [1.165, 1.54) is 12.2 Å². The summed E-state index contributed by atoms with van der Waals surface area (Å²) < 4.78 is 0. The molecule has 0 amide bonds. The van der Waals surface area contributed by atoms with Crippen molar-refractivity contribution in [2.45, 2.75) is 6.42 Å². The molecule has 0 fully saturated rings. The van der Waals surface area contributed by atoms with Crippen LogP contribution >= 0.6 is 25.3 Å². The van der Waals surface area contributed by atoms with Crippen LogP contribution in [0.1, 0.15) is 6.42 Å². The maximum absolute atomic E-state index is 2.20. The van der Waals surface area contributed by atoms with Gasteiger partial charge in [-0.25, -0.2) is 0 Å². The van der Waals surface area contributed by atoms with Gasteiger partial charge in [-0.2, -0.15) is 13.5 Å². The van der Waals surface area contributed by atoms with Crippen LogP contribution in [0.4, 0.5) is 0 Å². The van der Waals surface area contributed by atoms with E-state index in [9.17, 15) is 0 Å². The molecule has 1 heterocycles. The van der Waals surface area contributed by atoms with Gasteiger partial charge in [-0.1, -0.05) is 6.08 Å². The van der Waals surface area contributed by atoms with Crippen LogP contribution in [0, 0.1) is 0 Å². The van der Waals surface area contributed by atoms with Crippen LogP contribution in [-0.2, 0) is 0 Å². The molecule has 2 heteroatoms. The van der Waals surface area contributed by atoms with Gasteiger partial charge in [0.2, 0.25) is 0 Å². The molecule has 0 saturated carbocycles. The predicted molar refractivity (Wildman–Crippen MR) is 36.6 cm³/mol. The van der Waals surface area contributed by atoms with Crippen LogP contribution in [0.2, 0.25) is 0 Å². The minimum Gasteiger partial charge on any atom is -0.197 e. The monoisotopic (exact) mass is 120 g/mol. The first-order chi connectivity index (χ1) is 2.50. The van der Waals surface area contributed by atoms with E-state index < -0.39 is 0 Å². The highest BCUT2D eigenvalue weighted by Crippen LogP contribution is 2.11. The smallest absolute Gasteiger partial charge is 0.000884 e. The molecule has 0 aromatic carbocycles. The van der Waals surface area contributed by atoms with Crippen LogP contribution in [0.15, 0.2) is 11.5 Å². The molecule has 0 N–H and O–H groups in total. The highest BCUT2D eigenvalue weighted by atomic mass is 32.2. The van der Waals surface area contributed by atoms with Crippen molar-refractivity contribution in [2.24, 2.45) is 0 Å². The number of hydrogen-bond donors (Lipinski definition) is 0. The number of thioether (sulfide) groups is 1. The average Bonchev–Trinajstić information content (AvgIpc) is 1.76. The summed E-state index contributed by atoms with van der Waals surface area (Å²) in [4.78, 5) is 0. The van der Waals surface area contributed by atoms with Crippen LogP contribution in [0.5, 0.6) is 0 Å². The molecule has 6 heavy (non-hydrogen) atoms. The van der Waals surface area contributed by atoms with Crippen LogP contribution < -0.4 is 0 Å². The van der Waals surface area contributed by atoms with Crippen molar-refractivity contribution in [1.82, 2.24) is 0 Å². The Balaban J connectivity index is 0.000000250. The predicted octanol–water partition coefficient (Wildman–Crippen LogP) is 1.75. The quantitative estimate of drug-likeness (QED) is 0.469. The summed E-state index contributed by atoms with van der Waals surface area (Å²) >= 11 is 1.89. The molecule has 0 bridgehead atoms. The van der Waals surface area contributed by atoms with Gasteiger partial charge in [0.05, 0.1) is 0 Å². The summed E-state index contributed by atoms with van der Waals surface area (Å²) in [7, 11) is 0. The zero-order valence-electron chi connectivity index (χ0n) is 3.48. The highest BCUT2D eigenvalue weighted by Gasteiger charge is 1.85. The fourth-order valence-corrected chi connectivity index (χ4v) is 1.02. The van der Waals surface area contributed by atoms with E-state index in [0.29, 0.717) is 0 Å². The Kier molecular flexibility index (Phi) is 3.89. The van der Waals surface area contributed by atoms with Crippen molar-refractivity contribution in [1.29, 1.82) is 0 Å². The number of allylic oxidation sites excluding steroid dienone is 1. The fourth-order valence-electron chi connectivity index (χ4n) is 0.340. The van der Waals surface area contributed by atoms with Crippen LogP contribution in [-0.4, -0.2) is 5.75 Å². The van der Waals surface area contributed by atoms with E-state index in [-0.39, 0.29) is 13.5 Å². The SMILES string of the molecule is C1=CSCC1.S. The molecule has 0 unspecified atom stereocenters. The van der Waals surface area contributed by atoms with Crippen molar-refractivity contribution in [3.63, 3.8) is 0 Å². The Bertz CT molecular complexity index is 43.5. The van der Waals surface area contributed by atoms with Crippen molar-refractivity contribution < 1.29 is 0 Å². The molecule has 0 nitrogen and oxygen atoms in total. The van der Waals surface area contributed by atoms with Gasteiger partial charge < -0.3 is 0 Å². The molecule has 0 aliphatic carbocycles. The lowest BCUT2D eigenvalue weighted by molar-refractivity contribution is 1.28. The zero-order valence-corrected chi connectivity index (χ0v) is 5.29. The van der Waals surface area contributed by atoms with Gasteiger partial charge in [0.1, 0.15) is 0 Å². The molecule has 36 valence electrons. The second-order valence-electron chi connectivity index (χ2n) is 1.03. The first-order valence-corrected chi connectivity index (χ1v) is 2.81. The summed E-state index contributed by atoms with van der Waals surface area (Å²) in [5.74, 6) is 1.31. The maximum atomic E-state index is 2.20. The molecule has 1 aliphatic heterocycles. The molecular formula is C4H8S2. The summed E-state index contributed by atoms with van der Waals surface area (Å²) in [5.41, 5.74) is 0.